The van der Waals surface area contributed by atoms with Gasteiger partial charge in [-0.15, -0.1) is 0 Å². The van der Waals surface area contributed by atoms with Crippen molar-refractivity contribution < 1.29 is 13.9 Å². The van der Waals surface area contributed by atoms with E-state index >= 15 is 0 Å². The Hall–Kier alpha value is -3.25. The molecule has 0 aliphatic heterocycles. The van der Waals surface area contributed by atoms with Gasteiger partial charge in [-0.25, -0.2) is 4.98 Å². The van der Waals surface area contributed by atoms with Crippen LogP contribution >= 0.6 is 34.8 Å². The van der Waals surface area contributed by atoms with Crippen molar-refractivity contribution in [3.8, 4) is 17.2 Å². The number of carbonyl (C=O) groups excluding carboxylic acids is 1. The van der Waals surface area contributed by atoms with Gasteiger partial charge in [0, 0.05) is 21.0 Å². The number of carbonyl (C=O) groups is 1. The topological polar surface area (TPSA) is 57.3 Å². The minimum Gasteiger partial charge on any atom is -0.494 e. The van der Waals surface area contributed by atoms with E-state index in [1.165, 1.54) is 6.20 Å². The highest BCUT2D eigenvalue weighted by molar-refractivity contribution is 6.37. The van der Waals surface area contributed by atoms with Gasteiger partial charge in [0.1, 0.15) is 10.9 Å². The molecule has 35 heavy (non-hydrogen) atoms. The molecule has 0 amide bonds. The standard InChI is InChI=1S/C27H19Cl3N2O3/c1-2-34-19-10-11-22-20(13-19)24(26(30)32(22)15-17-8-9-18(28)12-21(17)29)25(33)23-14-31-27(35-23)16-6-4-3-5-7-16/h3-14H,2,15H2,1H3. The molecule has 0 N–H and O–H groups in total. The van der Waals surface area contributed by atoms with Gasteiger partial charge in [0.25, 0.3) is 0 Å². The molecule has 0 aliphatic carbocycles. The van der Waals surface area contributed by atoms with Gasteiger partial charge in [0.15, 0.2) is 5.76 Å². The molecule has 176 valence electrons. The van der Waals surface area contributed by atoms with E-state index in [4.69, 9.17) is 44.0 Å². The van der Waals surface area contributed by atoms with Crippen molar-refractivity contribution in [2.24, 2.45) is 0 Å². The van der Waals surface area contributed by atoms with Gasteiger partial charge < -0.3 is 13.7 Å². The average molecular weight is 526 g/mol. The smallest absolute Gasteiger partial charge is 0.233 e. The molecule has 5 nitrogen and oxygen atoms in total. The number of halogens is 3. The van der Waals surface area contributed by atoms with Gasteiger partial charge in [0.05, 0.1) is 30.4 Å². The highest BCUT2D eigenvalue weighted by Gasteiger charge is 2.26. The SMILES string of the molecule is CCOc1ccc2c(c1)c(C(=O)c1cnc(-c3ccccc3)o1)c(Cl)n2Cc1ccc(Cl)cc1Cl. The van der Waals surface area contributed by atoms with Crippen LogP contribution in [0.5, 0.6) is 5.75 Å². The Morgan fingerprint density at radius 2 is 1.83 bits per heavy atom. The molecule has 5 rings (SSSR count). The summed E-state index contributed by atoms with van der Waals surface area (Å²) in [4.78, 5) is 17.9. The number of aromatic nitrogens is 2. The largest absolute Gasteiger partial charge is 0.494 e. The molecule has 0 saturated carbocycles. The molecule has 0 fully saturated rings. The van der Waals surface area contributed by atoms with E-state index in [2.05, 4.69) is 4.98 Å². The zero-order valence-electron chi connectivity index (χ0n) is 18.6. The lowest BCUT2D eigenvalue weighted by molar-refractivity contribution is 0.101. The van der Waals surface area contributed by atoms with Crippen LogP contribution in [0.1, 0.15) is 28.6 Å². The second-order valence-corrected chi connectivity index (χ2v) is 9.03. The van der Waals surface area contributed by atoms with Gasteiger partial charge in [-0.05, 0) is 55.0 Å². The summed E-state index contributed by atoms with van der Waals surface area (Å²) in [7, 11) is 0. The first-order valence-electron chi connectivity index (χ1n) is 10.9. The number of ether oxygens (including phenoxy) is 1. The van der Waals surface area contributed by atoms with E-state index in [1.807, 2.05) is 66.1 Å². The summed E-state index contributed by atoms with van der Waals surface area (Å²) in [5, 5.41) is 1.96. The predicted octanol–water partition coefficient (Wildman–Crippen LogP) is 7.93. The second-order valence-electron chi connectivity index (χ2n) is 7.82. The van der Waals surface area contributed by atoms with Crippen LogP contribution in [0, 0.1) is 0 Å². The van der Waals surface area contributed by atoms with Gasteiger partial charge in [-0.1, -0.05) is 59.1 Å². The lowest BCUT2D eigenvalue weighted by atomic mass is 10.1. The monoisotopic (exact) mass is 524 g/mol. The van der Waals surface area contributed by atoms with Crippen LogP contribution in [0.3, 0.4) is 0 Å². The van der Waals surface area contributed by atoms with Crippen molar-refractivity contribution >= 4 is 51.5 Å². The molecular formula is C27H19Cl3N2O3. The molecule has 3 aromatic carbocycles. The summed E-state index contributed by atoms with van der Waals surface area (Å²) in [6, 6.07) is 20.2. The molecule has 5 aromatic rings. The summed E-state index contributed by atoms with van der Waals surface area (Å²) in [5.41, 5.74) is 2.66. The van der Waals surface area contributed by atoms with Gasteiger partial charge in [0.2, 0.25) is 11.7 Å². The molecule has 0 bridgehead atoms. The van der Waals surface area contributed by atoms with Crippen molar-refractivity contribution in [1.82, 2.24) is 9.55 Å². The van der Waals surface area contributed by atoms with E-state index in [1.54, 1.807) is 12.1 Å². The average Bonchev–Trinajstić information content (AvgIpc) is 3.45. The molecular weight excluding hydrogens is 507 g/mol. The lowest BCUT2D eigenvalue weighted by Crippen LogP contribution is -2.03. The van der Waals surface area contributed by atoms with Crippen molar-refractivity contribution in [1.29, 1.82) is 0 Å². The van der Waals surface area contributed by atoms with Crippen LogP contribution in [0.4, 0.5) is 0 Å². The minimum atomic E-state index is -0.371. The number of hydrogen-bond acceptors (Lipinski definition) is 4. The summed E-state index contributed by atoms with van der Waals surface area (Å²) >= 11 is 19.3. The molecule has 0 radical (unpaired) electrons. The molecule has 2 heterocycles. The fraction of sp³-hybridized carbons (Fsp3) is 0.111. The van der Waals surface area contributed by atoms with Gasteiger partial charge in [-0.3, -0.25) is 4.79 Å². The van der Waals surface area contributed by atoms with Crippen LogP contribution in [0.25, 0.3) is 22.4 Å². The maximum absolute atomic E-state index is 13.7. The molecule has 0 spiro atoms. The van der Waals surface area contributed by atoms with E-state index in [-0.39, 0.29) is 16.7 Å². The molecule has 0 unspecified atom stereocenters. The first kappa shape index (κ1) is 23.5. The van der Waals surface area contributed by atoms with Gasteiger partial charge >= 0.3 is 0 Å². The highest BCUT2D eigenvalue weighted by Crippen LogP contribution is 2.36. The van der Waals surface area contributed by atoms with Crippen LogP contribution in [-0.2, 0) is 6.54 Å². The Morgan fingerprint density at radius 1 is 1.03 bits per heavy atom. The summed E-state index contributed by atoms with van der Waals surface area (Å²) < 4.78 is 13.3. The van der Waals surface area contributed by atoms with Crippen molar-refractivity contribution in [3.63, 3.8) is 0 Å². The third-order valence-electron chi connectivity index (χ3n) is 5.60. The molecule has 8 heteroatoms. The van der Waals surface area contributed by atoms with E-state index in [0.717, 1.165) is 16.6 Å². The summed E-state index contributed by atoms with van der Waals surface area (Å²) in [6.45, 7) is 2.74. The lowest BCUT2D eigenvalue weighted by Gasteiger charge is -2.10. The Balaban J connectivity index is 1.62. The first-order chi connectivity index (χ1) is 17.0. The molecule has 0 saturated heterocycles. The maximum atomic E-state index is 13.7. The predicted molar refractivity (Wildman–Crippen MR) is 139 cm³/mol. The zero-order valence-corrected chi connectivity index (χ0v) is 20.9. The minimum absolute atomic E-state index is 0.0936. The Kier molecular flexibility index (Phi) is 6.56. The van der Waals surface area contributed by atoms with Crippen molar-refractivity contribution in [2.45, 2.75) is 13.5 Å². The quantitative estimate of drug-likeness (QED) is 0.202. The number of rotatable bonds is 7. The highest BCUT2D eigenvalue weighted by atomic mass is 35.5. The van der Waals surface area contributed by atoms with Crippen molar-refractivity contribution in [2.75, 3.05) is 6.61 Å². The fourth-order valence-electron chi connectivity index (χ4n) is 3.97. The Morgan fingerprint density at radius 3 is 2.57 bits per heavy atom. The summed E-state index contributed by atoms with van der Waals surface area (Å²) in [6.07, 6.45) is 1.42. The van der Waals surface area contributed by atoms with E-state index in [0.29, 0.717) is 45.8 Å². The Bertz CT molecular complexity index is 1540. The second kappa shape index (κ2) is 9.78. The molecule has 0 atom stereocenters. The van der Waals surface area contributed by atoms with Crippen LogP contribution < -0.4 is 4.74 Å². The molecule has 2 aromatic heterocycles. The number of ketones is 1. The fourth-order valence-corrected chi connectivity index (χ4v) is 4.77. The van der Waals surface area contributed by atoms with Crippen LogP contribution in [0.15, 0.2) is 77.3 Å². The normalized spacial score (nSPS) is 11.2. The van der Waals surface area contributed by atoms with Crippen LogP contribution in [0.2, 0.25) is 15.2 Å². The number of nitrogens with zero attached hydrogens (tertiary/aromatic N) is 2. The number of oxazole rings is 1. The van der Waals surface area contributed by atoms with Gasteiger partial charge in [-0.2, -0.15) is 0 Å². The summed E-state index contributed by atoms with van der Waals surface area (Å²) in [5.74, 6) is 0.715. The van der Waals surface area contributed by atoms with E-state index < -0.39 is 0 Å². The Labute approximate surface area is 216 Å². The molecule has 0 aliphatic rings. The van der Waals surface area contributed by atoms with E-state index in [9.17, 15) is 4.79 Å². The number of hydrogen-bond donors (Lipinski definition) is 0. The zero-order chi connectivity index (χ0) is 24.5. The first-order valence-corrected chi connectivity index (χ1v) is 12.0. The third kappa shape index (κ3) is 4.55. The number of fused-ring (bicyclic) bond motifs is 1. The number of benzene rings is 3. The third-order valence-corrected chi connectivity index (χ3v) is 6.58. The van der Waals surface area contributed by atoms with Crippen LogP contribution in [-0.4, -0.2) is 21.9 Å². The maximum Gasteiger partial charge on any atom is 0.233 e. The van der Waals surface area contributed by atoms with Crippen molar-refractivity contribution in [3.05, 3.63) is 105 Å².